The minimum Gasteiger partial charge on any atom is -0.379 e. The highest BCUT2D eigenvalue weighted by molar-refractivity contribution is 5.89. The molecule has 0 saturated heterocycles. The topological polar surface area (TPSA) is 83.8 Å². The maximum atomic E-state index is 10.7. The van der Waals surface area contributed by atoms with Gasteiger partial charge in [0.25, 0.3) is 5.69 Å². The molecule has 0 radical (unpaired) electrons. The summed E-state index contributed by atoms with van der Waals surface area (Å²) < 4.78 is 0. The molecule has 6 nitrogen and oxygen atoms in total. The number of benzene rings is 2. The fourth-order valence-corrected chi connectivity index (χ4v) is 2.09. The number of nitro groups is 1. The van der Waals surface area contributed by atoms with E-state index in [2.05, 4.69) is 15.5 Å². The number of nitro benzene ring substituents is 1. The molecule has 3 aromatic rings. The highest BCUT2D eigenvalue weighted by atomic mass is 16.6. The second-order valence-corrected chi connectivity index (χ2v) is 4.42. The van der Waals surface area contributed by atoms with Gasteiger partial charge >= 0.3 is 0 Å². The third kappa shape index (κ3) is 2.31. The van der Waals surface area contributed by atoms with Gasteiger partial charge in [0.2, 0.25) is 0 Å². The van der Waals surface area contributed by atoms with Crippen LogP contribution in [0.3, 0.4) is 0 Å². The molecule has 2 N–H and O–H groups in total. The predicted octanol–water partition coefficient (Wildman–Crippen LogP) is 3.08. The van der Waals surface area contributed by atoms with Gasteiger partial charge in [0.05, 0.1) is 22.3 Å². The first-order chi connectivity index (χ1) is 9.74. The zero-order valence-electron chi connectivity index (χ0n) is 10.5. The maximum absolute atomic E-state index is 10.7. The summed E-state index contributed by atoms with van der Waals surface area (Å²) in [6.07, 6.45) is 1.76. The number of nitrogens with one attached hydrogen (secondary N) is 2. The number of anilines is 1. The first-order valence-electron chi connectivity index (χ1n) is 6.13. The van der Waals surface area contributed by atoms with Crippen molar-refractivity contribution in [2.75, 3.05) is 5.32 Å². The maximum Gasteiger partial charge on any atom is 0.269 e. The molecular formula is C14H12N4O2. The van der Waals surface area contributed by atoms with Gasteiger partial charge in [0.1, 0.15) is 0 Å². The van der Waals surface area contributed by atoms with Crippen LogP contribution >= 0.6 is 0 Å². The lowest BCUT2D eigenvalue weighted by atomic mass is 10.2. The molecule has 0 fully saturated rings. The predicted molar refractivity (Wildman–Crippen MR) is 76.5 cm³/mol. The van der Waals surface area contributed by atoms with Crippen LogP contribution in [-0.4, -0.2) is 15.1 Å². The summed E-state index contributed by atoms with van der Waals surface area (Å²) in [5, 5.41) is 22.0. The van der Waals surface area contributed by atoms with E-state index in [1.807, 2.05) is 24.3 Å². The summed E-state index contributed by atoms with van der Waals surface area (Å²) in [6, 6.07) is 12.4. The Balaban J connectivity index is 1.81. The zero-order valence-corrected chi connectivity index (χ0v) is 10.5. The first-order valence-corrected chi connectivity index (χ1v) is 6.13. The van der Waals surface area contributed by atoms with E-state index in [4.69, 9.17) is 0 Å². The molecule has 20 heavy (non-hydrogen) atoms. The van der Waals surface area contributed by atoms with Gasteiger partial charge in [-0.25, -0.2) is 0 Å². The minimum atomic E-state index is -0.390. The van der Waals surface area contributed by atoms with Crippen molar-refractivity contribution in [1.29, 1.82) is 0 Å². The molecule has 0 aliphatic heterocycles. The molecule has 2 aromatic carbocycles. The number of H-pyrrole nitrogens is 1. The first kappa shape index (κ1) is 12.2. The van der Waals surface area contributed by atoms with Crippen LogP contribution in [0.15, 0.2) is 48.7 Å². The van der Waals surface area contributed by atoms with Gasteiger partial charge in [-0.2, -0.15) is 5.10 Å². The van der Waals surface area contributed by atoms with Crippen molar-refractivity contribution in [3.05, 3.63) is 64.3 Å². The SMILES string of the molecule is O=[N+]([O-])c1cccc(CNc2cccc3cn[nH]c23)c1. The molecule has 3 rings (SSSR count). The van der Waals surface area contributed by atoms with E-state index in [1.165, 1.54) is 6.07 Å². The molecule has 0 amide bonds. The van der Waals surface area contributed by atoms with E-state index in [1.54, 1.807) is 18.3 Å². The highest BCUT2D eigenvalue weighted by Crippen LogP contribution is 2.21. The Morgan fingerprint density at radius 1 is 1.25 bits per heavy atom. The second kappa shape index (κ2) is 5.00. The minimum absolute atomic E-state index is 0.101. The number of rotatable bonds is 4. The number of fused-ring (bicyclic) bond motifs is 1. The smallest absolute Gasteiger partial charge is 0.269 e. The molecule has 0 aliphatic rings. The third-order valence-corrected chi connectivity index (χ3v) is 3.08. The summed E-state index contributed by atoms with van der Waals surface area (Å²) in [6.45, 7) is 0.514. The Morgan fingerprint density at radius 2 is 2.10 bits per heavy atom. The van der Waals surface area contributed by atoms with Gasteiger partial charge < -0.3 is 5.32 Å². The molecule has 1 heterocycles. The zero-order chi connectivity index (χ0) is 13.9. The number of hydrogen-bond donors (Lipinski definition) is 2. The number of aromatic nitrogens is 2. The van der Waals surface area contributed by atoms with Gasteiger partial charge in [-0.3, -0.25) is 15.2 Å². The van der Waals surface area contributed by atoms with Crippen LogP contribution in [0.25, 0.3) is 10.9 Å². The molecule has 6 heteroatoms. The van der Waals surface area contributed by atoms with Gasteiger partial charge in [-0.1, -0.05) is 24.3 Å². The third-order valence-electron chi connectivity index (χ3n) is 3.08. The lowest BCUT2D eigenvalue weighted by molar-refractivity contribution is -0.384. The number of hydrogen-bond acceptors (Lipinski definition) is 4. The van der Waals surface area contributed by atoms with E-state index >= 15 is 0 Å². The van der Waals surface area contributed by atoms with Gasteiger partial charge in [-0.05, 0) is 11.6 Å². The Labute approximate surface area is 114 Å². The molecule has 0 spiro atoms. The van der Waals surface area contributed by atoms with E-state index in [-0.39, 0.29) is 10.6 Å². The van der Waals surface area contributed by atoms with Crippen molar-refractivity contribution in [3.8, 4) is 0 Å². The van der Waals surface area contributed by atoms with Crippen molar-refractivity contribution >= 4 is 22.3 Å². The van der Waals surface area contributed by atoms with Crippen LogP contribution in [0.1, 0.15) is 5.56 Å². The summed E-state index contributed by atoms with van der Waals surface area (Å²) >= 11 is 0. The van der Waals surface area contributed by atoms with E-state index in [9.17, 15) is 10.1 Å². The average molecular weight is 268 g/mol. The van der Waals surface area contributed by atoms with Crippen LogP contribution in [0.2, 0.25) is 0 Å². The lowest BCUT2D eigenvalue weighted by Crippen LogP contribution is -2.00. The van der Waals surface area contributed by atoms with Crippen LogP contribution < -0.4 is 5.32 Å². The monoisotopic (exact) mass is 268 g/mol. The van der Waals surface area contributed by atoms with E-state index in [0.29, 0.717) is 6.54 Å². The van der Waals surface area contributed by atoms with Crippen molar-refractivity contribution < 1.29 is 4.92 Å². The van der Waals surface area contributed by atoms with Crippen LogP contribution in [0, 0.1) is 10.1 Å². The highest BCUT2D eigenvalue weighted by Gasteiger charge is 2.06. The Bertz CT molecular complexity index is 766. The molecule has 100 valence electrons. The van der Waals surface area contributed by atoms with E-state index in [0.717, 1.165) is 22.2 Å². The number of aromatic amines is 1. The largest absolute Gasteiger partial charge is 0.379 e. The average Bonchev–Trinajstić information content (AvgIpc) is 2.94. The van der Waals surface area contributed by atoms with Crippen molar-refractivity contribution in [2.45, 2.75) is 6.54 Å². The van der Waals surface area contributed by atoms with E-state index < -0.39 is 0 Å². The van der Waals surface area contributed by atoms with Crippen LogP contribution in [0.5, 0.6) is 0 Å². The molecular weight excluding hydrogens is 256 g/mol. The van der Waals surface area contributed by atoms with Crippen molar-refractivity contribution in [1.82, 2.24) is 10.2 Å². The fraction of sp³-hybridized carbons (Fsp3) is 0.0714. The van der Waals surface area contributed by atoms with Crippen LogP contribution in [-0.2, 0) is 6.54 Å². The van der Waals surface area contributed by atoms with Gasteiger partial charge in [0.15, 0.2) is 0 Å². The Hall–Kier alpha value is -2.89. The van der Waals surface area contributed by atoms with Crippen molar-refractivity contribution in [3.63, 3.8) is 0 Å². The molecule has 0 aliphatic carbocycles. The molecule has 0 unspecified atom stereocenters. The summed E-state index contributed by atoms with van der Waals surface area (Å²) in [5.41, 5.74) is 2.81. The Kier molecular flexibility index (Phi) is 3.04. The van der Waals surface area contributed by atoms with Crippen molar-refractivity contribution in [2.24, 2.45) is 0 Å². The van der Waals surface area contributed by atoms with Crippen LogP contribution in [0.4, 0.5) is 11.4 Å². The number of nitrogens with zero attached hydrogens (tertiary/aromatic N) is 2. The lowest BCUT2D eigenvalue weighted by Gasteiger charge is -2.07. The molecule has 0 atom stereocenters. The summed E-state index contributed by atoms with van der Waals surface area (Å²) in [7, 11) is 0. The standard InChI is InChI=1S/C14H12N4O2/c19-18(20)12-5-1-3-10(7-12)8-15-13-6-2-4-11-9-16-17-14(11)13/h1-7,9,15H,8H2,(H,16,17). The second-order valence-electron chi connectivity index (χ2n) is 4.42. The quantitative estimate of drug-likeness (QED) is 0.562. The Morgan fingerprint density at radius 3 is 2.95 bits per heavy atom. The number of para-hydroxylation sites is 1. The molecule has 0 saturated carbocycles. The number of non-ortho nitro benzene ring substituents is 1. The molecule has 0 bridgehead atoms. The van der Waals surface area contributed by atoms with Gasteiger partial charge in [-0.15, -0.1) is 0 Å². The molecule has 1 aromatic heterocycles. The normalized spacial score (nSPS) is 10.6. The summed E-state index contributed by atoms with van der Waals surface area (Å²) in [5.74, 6) is 0. The fourth-order valence-electron chi connectivity index (χ4n) is 2.09. The summed E-state index contributed by atoms with van der Waals surface area (Å²) in [4.78, 5) is 10.3. The van der Waals surface area contributed by atoms with Gasteiger partial charge in [0, 0.05) is 24.1 Å².